The van der Waals surface area contributed by atoms with Crippen LogP contribution in [0.1, 0.15) is 27.0 Å². The molecule has 7 heteroatoms. The molecule has 0 unspecified atom stereocenters. The summed E-state index contributed by atoms with van der Waals surface area (Å²) in [7, 11) is -1.87. The first-order valence-corrected chi connectivity index (χ1v) is 10.9. The van der Waals surface area contributed by atoms with Gasteiger partial charge in [-0.3, -0.25) is 4.57 Å². The second kappa shape index (κ2) is 6.66. The lowest BCUT2D eigenvalue weighted by molar-refractivity contribution is -0.0102. The molecule has 1 aromatic heterocycles. The number of aromatic nitrogens is 2. The molecule has 2 rings (SSSR count). The van der Waals surface area contributed by atoms with Gasteiger partial charge in [-0.25, -0.2) is 4.79 Å². The van der Waals surface area contributed by atoms with Gasteiger partial charge in [-0.15, -0.1) is 0 Å². The van der Waals surface area contributed by atoms with E-state index in [9.17, 15) is 4.79 Å². The second-order valence-electron chi connectivity index (χ2n) is 7.50. The third kappa shape index (κ3) is 3.85. The lowest BCUT2D eigenvalue weighted by Gasteiger charge is -2.37. The van der Waals surface area contributed by atoms with Crippen molar-refractivity contribution in [2.45, 2.75) is 51.2 Å². The number of hydrogen-bond acceptors (Lipinski definition) is 5. The molecular formula is C17H27N3O3Si. The number of rotatable bonds is 5. The molecule has 0 spiro atoms. The van der Waals surface area contributed by atoms with Gasteiger partial charge in [0.25, 0.3) is 0 Å². The summed E-state index contributed by atoms with van der Waals surface area (Å²) in [6.07, 6.45) is 4.43. The lowest BCUT2D eigenvalue weighted by atomic mass is 10.1. The number of ether oxygens (including phenoxy) is 1. The molecular weight excluding hydrogens is 322 g/mol. The predicted octanol–water partition coefficient (Wildman–Crippen LogP) is 2.86. The van der Waals surface area contributed by atoms with E-state index in [1.54, 1.807) is 18.3 Å². The molecule has 132 valence electrons. The fourth-order valence-corrected chi connectivity index (χ4v) is 3.16. The van der Waals surface area contributed by atoms with Crippen molar-refractivity contribution in [1.29, 1.82) is 0 Å². The van der Waals surface area contributed by atoms with Gasteiger partial charge in [0.05, 0.1) is 6.61 Å². The van der Waals surface area contributed by atoms with E-state index in [0.717, 1.165) is 5.57 Å². The predicted molar refractivity (Wildman–Crippen MR) is 98.2 cm³/mol. The molecule has 6 nitrogen and oxygen atoms in total. The maximum absolute atomic E-state index is 12.0. The summed E-state index contributed by atoms with van der Waals surface area (Å²) in [5.41, 5.74) is 6.01. The van der Waals surface area contributed by atoms with Crippen molar-refractivity contribution in [2.75, 3.05) is 12.3 Å². The number of nitrogens with zero attached hydrogens (tertiary/aromatic N) is 2. The van der Waals surface area contributed by atoms with Gasteiger partial charge in [0.15, 0.2) is 14.5 Å². The summed E-state index contributed by atoms with van der Waals surface area (Å²) in [5.74, 6) is 0.194. The van der Waals surface area contributed by atoms with E-state index in [1.165, 1.54) is 4.57 Å². The van der Waals surface area contributed by atoms with Crippen LogP contribution >= 0.6 is 0 Å². The summed E-state index contributed by atoms with van der Waals surface area (Å²) in [4.78, 5) is 15.7. The second-order valence-corrected chi connectivity index (χ2v) is 12.3. The maximum atomic E-state index is 12.0. The monoisotopic (exact) mass is 349 g/mol. The maximum Gasteiger partial charge on any atom is 0.351 e. The Morgan fingerprint density at radius 1 is 1.50 bits per heavy atom. The van der Waals surface area contributed by atoms with Crippen LogP contribution < -0.4 is 11.4 Å². The normalized spacial score (nSPS) is 21.6. The van der Waals surface area contributed by atoms with E-state index in [4.69, 9.17) is 14.9 Å². The quantitative estimate of drug-likeness (QED) is 0.827. The Balaban J connectivity index is 2.13. The van der Waals surface area contributed by atoms with Gasteiger partial charge in [-0.1, -0.05) is 33.4 Å². The molecule has 1 aliphatic heterocycles. The molecule has 0 saturated carbocycles. The zero-order valence-electron chi connectivity index (χ0n) is 15.1. The van der Waals surface area contributed by atoms with Crippen molar-refractivity contribution in [3.05, 3.63) is 47.1 Å². The molecule has 0 bridgehead atoms. The van der Waals surface area contributed by atoms with E-state index < -0.39 is 20.2 Å². The van der Waals surface area contributed by atoms with Crippen molar-refractivity contribution in [3.63, 3.8) is 0 Å². The van der Waals surface area contributed by atoms with Crippen molar-refractivity contribution in [2.24, 2.45) is 0 Å². The third-order valence-electron chi connectivity index (χ3n) is 4.77. The Labute approximate surface area is 144 Å². The Hall–Kier alpha value is -1.70. The Bertz CT molecular complexity index is 704. The first-order valence-electron chi connectivity index (χ1n) is 8.03. The summed E-state index contributed by atoms with van der Waals surface area (Å²) in [6, 6.07) is 1.58. The molecule has 2 atom stereocenters. The van der Waals surface area contributed by atoms with Crippen LogP contribution in [0.2, 0.25) is 18.1 Å². The number of nitrogen functional groups attached to an aromatic ring is 1. The molecule has 24 heavy (non-hydrogen) atoms. The molecule has 2 heterocycles. The van der Waals surface area contributed by atoms with E-state index in [1.807, 2.05) is 6.08 Å². The topological polar surface area (TPSA) is 79.4 Å². The molecule has 0 aliphatic carbocycles. The lowest BCUT2D eigenvalue weighted by Crippen LogP contribution is -2.43. The van der Waals surface area contributed by atoms with Crippen molar-refractivity contribution in [1.82, 2.24) is 9.55 Å². The van der Waals surface area contributed by atoms with Crippen molar-refractivity contribution in [3.8, 4) is 0 Å². The molecule has 0 fully saturated rings. The zero-order valence-corrected chi connectivity index (χ0v) is 16.1. The zero-order chi connectivity index (χ0) is 18.1. The summed E-state index contributed by atoms with van der Waals surface area (Å²) in [5, 5.41) is 0.126. The Kier molecular flexibility index (Phi) is 5.17. The third-order valence-corrected chi connectivity index (χ3v) is 9.27. The van der Waals surface area contributed by atoms with Crippen LogP contribution in [0.3, 0.4) is 0 Å². The molecule has 2 N–H and O–H groups in total. The molecule has 0 amide bonds. The summed E-state index contributed by atoms with van der Waals surface area (Å²) < 4.78 is 13.6. The van der Waals surface area contributed by atoms with Gasteiger partial charge < -0.3 is 14.9 Å². The molecule has 0 radical (unpaired) electrons. The van der Waals surface area contributed by atoms with Crippen LogP contribution in [0.4, 0.5) is 5.82 Å². The van der Waals surface area contributed by atoms with Gasteiger partial charge in [0.1, 0.15) is 11.9 Å². The standard InChI is InChI=1S/C17H27N3O3Si/c1-7-12-10-15(20-9-8-14(18)19-16(20)21)23-13(12)11-22-24(5,6)17(2,3)4/h7-10,13,15H,1,11H2,2-6H3,(H2,18,19,21)/t13-,15-/m1/s1. The first-order chi connectivity index (χ1) is 11.0. The Morgan fingerprint density at radius 3 is 2.71 bits per heavy atom. The molecule has 1 aromatic rings. The largest absolute Gasteiger partial charge is 0.414 e. The van der Waals surface area contributed by atoms with E-state index in [2.05, 4.69) is 45.4 Å². The average molecular weight is 350 g/mol. The van der Waals surface area contributed by atoms with Crippen LogP contribution in [0.15, 0.2) is 41.4 Å². The van der Waals surface area contributed by atoms with Gasteiger partial charge in [0.2, 0.25) is 0 Å². The van der Waals surface area contributed by atoms with Gasteiger partial charge >= 0.3 is 5.69 Å². The van der Waals surface area contributed by atoms with E-state index >= 15 is 0 Å². The Morgan fingerprint density at radius 2 is 2.17 bits per heavy atom. The number of hydrogen-bond donors (Lipinski definition) is 1. The fraction of sp³-hybridized carbons (Fsp3) is 0.529. The highest BCUT2D eigenvalue weighted by atomic mass is 28.4. The van der Waals surface area contributed by atoms with Gasteiger partial charge in [0, 0.05) is 6.20 Å². The van der Waals surface area contributed by atoms with E-state index in [-0.39, 0.29) is 17.0 Å². The van der Waals surface area contributed by atoms with Crippen LogP contribution in [-0.2, 0) is 9.16 Å². The highest BCUT2D eigenvalue weighted by molar-refractivity contribution is 6.74. The average Bonchev–Trinajstić information content (AvgIpc) is 2.87. The summed E-state index contributed by atoms with van der Waals surface area (Å²) in [6.45, 7) is 15.3. The number of anilines is 1. The van der Waals surface area contributed by atoms with Crippen LogP contribution in [0, 0.1) is 0 Å². The van der Waals surface area contributed by atoms with E-state index in [0.29, 0.717) is 6.61 Å². The SMILES string of the molecule is C=CC1=C[C@H](n2ccc(N)nc2=O)O[C@@H]1CO[Si](C)(C)C(C)(C)C. The molecule has 1 aliphatic rings. The minimum Gasteiger partial charge on any atom is -0.414 e. The highest BCUT2D eigenvalue weighted by Gasteiger charge is 2.38. The van der Waals surface area contributed by atoms with Crippen molar-refractivity contribution < 1.29 is 9.16 Å². The van der Waals surface area contributed by atoms with Crippen LogP contribution in [0.25, 0.3) is 0 Å². The minimum atomic E-state index is -1.87. The highest BCUT2D eigenvalue weighted by Crippen LogP contribution is 2.37. The summed E-state index contributed by atoms with van der Waals surface area (Å²) >= 11 is 0. The first kappa shape index (κ1) is 18.6. The minimum absolute atomic E-state index is 0.126. The smallest absolute Gasteiger partial charge is 0.351 e. The molecule has 0 saturated heterocycles. The van der Waals surface area contributed by atoms with Crippen LogP contribution in [0.5, 0.6) is 0 Å². The van der Waals surface area contributed by atoms with Crippen LogP contribution in [-0.4, -0.2) is 30.6 Å². The van der Waals surface area contributed by atoms with Crippen molar-refractivity contribution >= 4 is 14.1 Å². The fourth-order valence-electron chi connectivity index (χ4n) is 2.16. The van der Waals surface area contributed by atoms with Gasteiger partial charge in [-0.05, 0) is 35.8 Å². The van der Waals surface area contributed by atoms with Gasteiger partial charge in [-0.2, -0.15) is 4.98 Å². The number of nitrogens with two attached hydrogens (primary N) is 1. The molecule has 0 aromatic carbocycles.